The van der Waals surface area contributed by atoms with Gasteiger partial charge in [0.05, 0.1) is 11.5 Å². The number of rotatable bonds is 9. The lowest BCUT2D eigenvalue weighted by molar-refractivity contribution is 0.0745. The topological polar surface area (TPSA) is 98.2 Å². The van der Waals surface area contributed by atoms with Crippen LogP contribution in [-0.2, 0) is 26.7 Å². The Balaban J connectivity index is 1.46. The first-order chi connectivity index (χ1) is 12.4. The number of aromatic nitrogens is 2. The molecule has 0 bridgehead atoms. The van der Waals surface area contributed by atoms with Gasteiger partial charge in [0.15, 0.2) is 9.84 Å². The summed E-state index contributed by atoms with van der Waals surface area (Å²) in [5, 5.41) is 0. The molecule has 7 nitrogen and oxygen atoms in total. The summed E-state index contributed by atoms with van der Waals surface area (Å²) in [5.41, 5.74) is -0.143. The van der Waals surface area contributed by atoms with Crippen LogP contribution >= 0.6 is 0 Å². The minimum atomic E-state index is -3.18. The molecule has 0 spiro atoms. The smallest absolute Gasteiger partial charge is 0.330 e. The van der Waals surface area contributed by atoms with E-state index in [0.717, 1.165) is 18.4 Å². The summed E-state index contributed by atoms with van der Waals surface area (Å²) < 4.78 is 31.4. The lowest BCUT2D eigenvalue weighted by Crippen LogP contribution is -2.29. The van der Waals surface area contributed by atoms with Crippen LogP contribution in [0.2, 0.25) is 0 Å². The minimum Gasteiger partial charge on any atom is -0.361 e. The third-order valence-corrected chi connectivity index (χ3v) is 6.51. The quantitative estimate of drug-likeness (QED) is 0.658. The van der Waals surface area contributed by atoms with Gasteiger partial charge in [-0.2, -0.15) is 0 Å². The van der Waals surface area contributed by atoms with Gasteiger partial charge >= 0.3 is 5.69 Å². The summed E-state index contributed by atoms with van der Waals surface area (Å²) in [6.07, 6.45) is 3.52. The molecule has 140 valence electrons. The van der Waals surface area contributed by atoms with E-state index in [-0.39, 0.29) is 30.3 Å². The zero-order valence-corrected chi connectivity index (χ0v) is 15.2. The van der Waals surface area contributed by atoms with Gasteiger partial charge in [0, 0.05) is 24.3 Å². The maximum Gasteiger partial charge on any atom is 0.330 e. The van der Waals surface area contributed by atoms with Crippen molar-refractivity contribution in [2.75, 3.05) is 18.1 Å². The first-order valence-corrected chi connectivity index (χ1v) is 10.4. The molecule has 0 radical (unpaired) electrons. The third-order valence-electron chi connectivity index (χ3n) is 4.61. The first kappa shape index (κ1) is 18.6. The van der Waals surface area contributed by atoms with Crippen LogP contribution in [0.3, 0.4) is 0 Å². The van der Waals surface area contributed by atoms with Gasteiger partial charge in [-0.15, -0.1) is 0 Å². The Bertz CT molecular complexity index is 959. The number of sulfone groups is 1. The molecule has 1 fully saturated rings. The van der Waals surface area contributed by atoms with Crippen molar-refractivity contribution in [2.24, 2.45) is 0 Å². The highest BCUT2D eigenvalue weighted by atomic mass is 32.2. The van der Waals surface area contributed by atoms with Crippen LogP contribution in [0.5, 0.6) is 0 Å². The van der Waals surface area contributed by atoms with Crippen LogP contribution in [0.15, 0.2) is 52.2 Å². The van der Waals surface area contributed by atoms with Crippen LogP contribution < -0.4 is 11.2 Å². The molecule has 26 heavy (non-hydrogen) atoms. The highest BCUT2D eigenvalue weighted by Crippen LogP contribution is 2.49. The Kier molecular flexibility index (Phi) is 5.43. The van der Waals surface area contributed by atoms with Gasteiger partial charge in [-0.25, -0.2) is 13.2 Å². The molecular formula is C18H22N2O5S. The Labute approximate surface area is 151 Å². The number of benzene rings is 1. The molecule has 0 atom stereocenters. The van der Waals surface area contributed by atoms with E-state index < -0.39 is 21.1 Å². The maximum atomic E-state index is 12.4. The van der Waals surface area contributed by atoms with E-state index in [2.05, 4.69) is 4.98 Å². The van der Waals surface area contributed by atoms with Crippen LogP contribution in [-0.4, -0.2) is 36.1 Å². The second kappa shape index (κ2) is 7.59. The number of hydrogen-bond acceptors (Lipinski definition) is 5. The van der Waals surface area contributed by atoms with Crippen LogP contribution in [0, 0.1) is 0 Å². The number of aromatic amines is 1. The molecule has 1 N–H and O–H groups in total. The predicted molar refractivity (Wildman–Crippen MR) is 97.9 cm³/mol. The zero-order valence-electron chi connectivity index (χ0n) is 14.4. The van der Waals surface area contributed by atoms with Crippen molar-refractivity contribution >= 4 is 9.84 Å². The molecule has 1 aliphatic rings. The normalized spacial score (nSPS) is 15.7. The standard InChI is InChI=1S/C18H22N2O5S/c21-16-7-10-20(17(22)19-16)14-25-11-4-12-26(23,24)13-18(8-9-18)15-5-2-1-3-6-15/h1-3,5-7,10H,4,8-9,11-14H2,(H,19,21,22). The lowest BCUT2D eigenvalue weighted by Gasteiger charge is -2.16. The molecule has 3 rings (SSSR count). The average molecular weight is 378 g/mol. The van der Waals surface area contributed by atoms with Crippen molar-refractivity contribution in [3.05, 3.63) is 69.0 Å². The van der Waals surface area contributed by atoms with E-state index in [1.54, 1.807) is 0 Å². The van der Waals surface area contributed by atoms with Gasteiger partial charge < -0.3 is 4.74 Å². The molecule has 0 aliphatic heterocycles. The number of hydrogen-bond donors (Lipinski definition) is 1. The van der Waals surface area contributed by atoms with E-state index in [1.807, 2.05) is 30.3 Å². The van der Waals surface area contributed by atoms with Gasteiger partial charge in [0.1, 0.15) is 6.73 Å². The van der Waals surface area contributed by atoms with Gasteiger partial charge in [0.25, 0.3) is 5.56 Å². The van der Waals surface area contributed by atoms with Gasteiger partial charge in [-0.05, 0) is 24.8 Å². The molecule has 0 amide bonds. The average Bonchev–Trinajstić information content (AvgIpc) is 3.37. The molecule has 0 unspecified atom stereocenters. The van der Waals surface area contributed by atoms with E-state index in [0.29, 0.717) is 6.42 Å². The van der Waals surface area contributed by atoms with E-state index in [4.69, 9.17) is 4.74 Å². The molecule has 1 saturated carbocycles. The van der Waals surface area contributed by atoms with Crippen LogP contribution in [0.1, 0.15) is 24.8 Å². The Hall–Kier alpha value is -2.19. The number of nitrogens with one attached hydrogen (secondary N) is 1. The number of ether oxygens (including phenoxy) is 1. The van der Waals surface area contributed by atoms with Crippen molar-refractivity contribution in [1.29, 1.82) is 0 Å². The summed E-state index contributed by atoms with van der Waals surface area (Å²) in [7, 11) is -3.18. The third kappa shape index (κ3) is 4.70. The molecule has 0 saturated heterocycles. The van der Waals surface area contributed by atoms with Crippen LogP contribution in [0.25, 0.3) is 0 Å². The van der Waals surface area contributed by atoms with Crippen molar-refractivity contribution in [1.82, 2.24) is 9.55 Å². The van der Waals surface area contributed by atoms with Crippen molar-refractivity contribution in [2.45, 2.75) is 31.4 Å². The molecule has 1 aromatic heterocycles. The monoisotopic (exact) mass is 378 g/mol. The first-order valence-electron chi connectivity index (χ1n) is 8.54. The summed E-state index contributed by atoms with van der Waals surface area (Å²) in [4.78, 5) is 24.6. The molecule has 2 aromatic rings. The fourth-order valence-electron chi connectivity index (χ4n) is 3.04. The van der Waals surface area contributed by atoms with Gasteiger partial charge in [-0.1, -0.05) is 30.3 Å². The SMILES string of the molecule is O=c1ccn(COCCCS(=O)(=O)CC2(c3ccccc3)CC2)c(=O)[nH]1. The summed E-state index contributed by atoms with van der Waals surface area (Å²) in [6, 6.07) is 11.0. The lowest BCUT2D eigenvalue weighted by atomic mass is 9.99. The van der Waals surface area contributed by atoms with E-state index in [1.165, 1.54) is 16.8 Å². The molecule has 1 heterocycles. The largest absolute Gasteiger partial charge is 0.361 e. The molecular weight excluding hydrogens is 356 g/mol. The van der Waals surface area contributed by atoms with E-state index >= 15 is 0 Å². The zero-order chi connectivity index (χ0) is 18.6. The van der Waals surface area contributed by atoms with E-state index in [9.17, 15) is 18.0 Å². The fourth-order valence-corrected chi connectivity index (χ4v) is 5.04. The summed E-state index contributed by atoms with van der Waals surface area (Å²) in [5.74, 6) is 0.228. The highest BCUT2D eigenvalue weighted by Gasteiger charge is 2.47. The van der Waals surface area contributed by atoms with Crippen LogP contribution in [0.4, 0.5) is 0 Å². The van der Waals surface area contributed by atoms with Crippen molar-refractivity contribution in [3.8, 4) is 0 Å². The Morgan fingerprint density at radius 1 is 1.12 bits per heavy atom. The summed E-state index contributed by atoms with van der Waals surface area (Å²) in [6.45, 7) is 0.201. The van der Waals surface area contributed by atoms with Gasteiger partial charge in [-0.3, -0.25) is 14.3 Å². The molecule has 8 heteroatoms. The second-order valence-electron chi connectivity index (χ2n) is 6.71. The highest BCUT2D eigenvalue weighted by molar-refractivity contribution is 7.91. The predicted octanol–water partition coefficient (Wildman–Crippen LogP) is 1.05. The number of H-pyrrole nitrogens is 1. The van der Waals surface area contributed by atoms with Crippen molar-refractivity contribution < 1.29 is 13.2 Å². The van der Waals surface area contributed by atoms with Crippen molar-refractivity contribution in [3.63, 3.8) is 0 Å². The summed E-state index contributed by atoms with van der Waals surface area (Å²) >= 11 is 0. The number of nitrogens with zero attached hydrogens (tertiary/aromatic N) is 1. The Morgan fingerprint density at radius 2 is 1.85 bits per heavy atom. The van der Waals surface area contributed by atoms with Gasteiger partial charge in [0.2, 0.25) is 0 Å². The minimum absolute atomic E-state index is 0.0242. The molecule has 1 aromatic carbocycles. The second-order valence-corrected chi connectivity index (χ2v) is 8.89. The maximum absolute atomic E-state index is 12.4. The molecule has 1 aliphatic carbocycles. The Morgan fingerprint density at radius 3 is 2.50 bits per heavy atom. The fraction of sp³-hybridized carbons (Fsp3) is 0.444.